The Hall–Kier alpha value is -1.64. The van der Waals surface area contributed by atoms with E-state index in [0.29, 0.717) is 0 Å². The van der Waals surface area contributed by atoms with E-state index in [9.17, 15) is 0 Å². The van der Waals surface area contributed by atoms with Gasteiger partial charge in [0.2, 0.25) is 0 Å². The summed E-state index contributed by atoms with van der Waals surface area (Å²) in [5, 5.41) is 10.2. The summed E-state index contributed by atoms with van der Waals surface area (Å²) < 4.78 is 0. The minimum Gasteiger partial charge on any atom is -0.197 e. The number of hydrogen-bond acceptors (Lipinski definition) is 2. The Labute approximate surface area is 90.5 Å². The van der Waals surface area contributed by atoms with Gasteiger partial charge in [0.1, 0.15) is 5.69 Å². The van der Waals surface area contributed by atoms with E-state index in [1.807, 2.05) is 30.3 Å². The molecule has 0 radical (unpaired) electrons. The minimum absolute atomic E-state index is 0.833. The third-order valence-electron chi connectivity index (χ3n) is 1.48. The average molecular weight is 203 g/mol. The number of nitrogens with one attached hydrogen (secondary N) is 1. The molecule has 0 spiro atoms. The highest BCUT2D eigenvalue weighted by molar-refractivity contribution is 5.56. The lowest BCUT2D eigenvalue weighted by molar-refractivity contribution is 0.737. The van der Waals surface area contributed by atoms with E-state index >= 15 is 0 Å². The molecule has 0 amide bonds. The average Bonchev–Trinajstić information content (AvgIpc) is 2.71. The van der Waals surface area contributed by atoms with E-state index in [0.717, 1.165) is 17.2 Å². The third-order valence-corrected chi connectivity index (χ3v) is 1.48. The lowest BCUT2D eigenvalue weighted by atomic mass is 10.2. The van der Waals surface area contributed by atoms with Crippen molar-refractivity contribution in [1.29, 1.82) is 0 Å². The van der Waals surface area contributed by atoms with E-state index in [-0.39, 0.29) is 0 Å². The predicted octanol–water partition coefficient (Wildman–Crippen LogP) is 3.13. The molecule has 0 aliphatic rings. The number of benzene rings is 1. The quantitative estimate of drug-likeness (QED) is 0.773. The van der Waals surface area contributed by atoms with E-state index in [1.54, 1.807) is 6.20 Å². The molecular formula is C12H17N3. The van der Waals surface area contributed by atoms with E-state index < -0.39 is 0 Å². The molecule has 2 aromatic rings. The van der Waals surface area contributed by atoms with Crippen LogP contribution in [0.25, 0.3) is 11.3 Å². The Morgan fingerprint density at radius 3 is 2.13 bits per heavy atom. The van der Waals surface area contributed by atoms with Gasteiger partial charge in [-0.15, -0.1) is 0 Å². The second-order valence-electron chi connectivity index (χ2n) is 3.95. The fourth-order valence-corrected chi connectivity index (χ4v) is 0.950. The second kappa shape index (κ2) is 5.96. The summed E-state index contributed by atoms with van der Waals surface area (Å²) >= 11 is 0. The van der Waals surface area contributed by atoms with Crippen molar-refractivity contribution in [2.24, 2.45) is 5.92 Å². The fraction of sp³-hybridized carbons (Fsp3) is 0.333. The van der Waals surface area contributed by atoms with Crippen LogP contribution in [0.4, 0.5) is 0 Å². The molecule has 2 rings (SSSR count). The number of rotatable bonds is 1. The molecule has 3 heteroatoms. The van der Waals surface area contributed by atoms with Crippen molar-refractivity contribution in [3.63, 3.8) is 0 Å². The van der Waals surface area contributed by atoms with Crippen LogP contribution in [0, 0.1) is 5.92 Å². The molecule has 1 heterocycles. The van der Waals surface area contributed by atoms with Crippen LogP contribution in [-0.4, -0.2) is 15.4 Å². The maximum atomic E-state index is 3.95. The van der Waals surface area contributed by atoms with Gasteiger partial charge in [0, 0.05) is 5.56 Å². The summed E-state index contributed by atoms with van der Waals surface area (Å²) in [5.74, 6) is 0.833. The smallest absolute Gasteiger partial charge is 0.112 e. The van der Waals surface area contributed by atoms with E-state index in [2.05, 4.69) is 36.2 Å². The highest BCUT2D eigenvalue weighted by Gasteiger charge is 1.96. The maximum absolute atomic E-state index is 3.95. The summed E-state index contributed by atoms with van der Waals surface area (Å²) in [4.78, 5) is 0. The summed E-state index contributed by atoms with van der Waals surface area (Å²) in [6.45, 7) is 6.50. The van der Waals surface area contributed by atoms with Crippen LogP contribution in [-0.2, 0) is 0 Å². The van der Waals surface area contributed by atoms with Crippen molar-refractivity contribution in [3.8, 4) is 11.3 Å². The summed E-state index contributed by atoms with van der Waals surface area (Å²) in [7, 11) is 0. The van der Waals surface area contributed by atoms with Crippen molar-refractivity contribution in [2.75, 3.05) is 0 Å². The van der Waals surface area contributed by atoms with Gasteiger partial charge in [-0.2, -0.15) is 15.4 Å². The van der Waals surface area contributed by atoms with Crippen LogP contribution in [0.1, 0.15) is 20.8 Å². The van der Waals surface area contributed by atoms with Crippen molar-refractivity contribution in [1.82, 2.24) is 15.4 Å². The molecule has 0 aliphatic heterocycles. The molecule has 0 fully saturated rings. The Balaban J connectivity index is 0.000000245. The molecule has 80 valence electrons. The van der Waals surface area contributed by atoms with Gasteiger partial charge < -0.3 is 0 Å². The molecule has 0 aliphatic carbocycles. The lowest BCUT2D eigenvalue weighted by Crippen LogP contribution is -1.75. The number of aromatic amines is 1. The molecule has 1 N–H and O–H groups in total. The van der Waals surface area contributed by atoms with Crippen LogP contribution in [0.2, 0.25) is 0 Å². The maximum Gasteiger partial charge on any atom is 0.112 e. The highest BCUT2D eigenvalue weighted by atomic mass is 15.3. The van der Waals surface area contributed by atoms with Gasteiger partial charge in [-0.25, -0.2) is 0 Å². The largest absolute Gasteiger partial charge is 0.197 e. The third kappa shape index (κ3) is 4.40. The van der Waals surface area contributed by atoms with E-state index in [1.165, 1.54) is 0 Å². The summed E-state index contributed by atoms with van der Waals surface area (Å²) in [6, 6.07) is 9.92. The van der Waals surface area contributed by atoms with Gasteiger partial charge >= 0.3 is 0 Å². The standard InChI is InChI=1S/C8H7N3.C4H10/c1-2-4-7(5-3-1)8-6-9-11-10-8;1-4(2)3/h1-6H,(H,9,10,11);4H,1-3H3. The Bertz CT molecular complexity index is 349. The van der Waals surface area contributed by atoms with Crippen LogP contribution in [0.3, 0.4) is 0 Å². The number of H-pyrrole nitrogens is 1. The summed E-state index contributed by atoms with van der Waals surface area (Å²) in [5.41, 5.74) is 1.96. The molecule has 3 nitrogen and oxygen atoms in total. The fourth-order valence-electron chi connectivity index (χ4n) is 0.950. The minimum atomic E-state index is 0.833. The second-order valence-corrected chi connectivity index (χ2v) is 3.95. The molecule has 0 saturated carbocycles. The molecule has 1 aromatic carbocycles. The van der Waals surface area contributed by atoms with Gasteiger partial charge in [-0.05, 0) is 5.92 Å². The topological polar surface area (TPSA) is 41.6 Å². The predicted molar refractivity (Wildman–Crippen MR) is 62.3 cm³/mol. The molecule has 1 aromatic heterocycles. The van der Waals surface area contributed by atoms with Crippen LogP contribution < -0.4 is 0 Å². The van der Waals surface area contributed by atoms with Crippen LogP contribution in [0.5, 0.6) is 0 Å². The molecule has 0 unspecified atom stereocenters. The van der Waals surface area contributed by atoms with Crippen molar-refractivity contribution >= 4 is 0 Å². The monoisotopic (exact) mass is 203 g/mol. The zero-order valence-corrected chi connectivity index (χ0v) is 9.44. The van der Waals surface area contributed by atoms with Crippen LogP contribution in [0.15, 0.2) is 36.5 Å². The van der Waals surface area contributed by atoms with E-state index in [4.69, 9.17) is 0 Å². The molecule has 15 heavy (non-hydrogen) atoms. The van der Waals surface area contributed by atoms with Gasteiger partial charge in [0.25, 0.3) is 0 Å². The van der Waals surface area contributed by atoms with Crippen molar-refractivity contribution in [2.45, 2.75) is 20.8 Å². The number of aromatic nitrogens is 3. The first-order chi connectivity index (χ1) is 7.20. The number of nitrogens with zero attached hydrogens (tertiary/aromatic N) is 2. The zero-order valence-electron chi connectivity index (χ0n) is 9.44. The Morgan fingerprint density at radius 1 is 1.07 bits per heavy atom. The Kier molecular flexibility index (Phi) is 4.54. The first-order valence-corrected chi connectivity index (χ1v) is 5.11. The van der Waals surface area contributed by atoms with Gasteiger partial charge in [0.15, 0.2) is 0 Å². The van der Waals surface area contributed by atoms with Crippen molar-refractivity contribution < 1.29 is 0 Å². The van der Waals surface area contributed by atoms with Gasteiger partial charge in [-0.1, -0.05) is 51.1 Å². The van der Waals surface area contributed by atoms with Crippen LogP contribution >= 0.6 is 0 Å². The first kappa shape index (κ1) is 11.4. The molecule has 0 bridgehead atoms. The molecule has 0 atom stereocenters. The summed E-state index contributed by atoms with van der Waals surface area (Å²) in [6.07, 6.45) is 1.70. The molecular weight excluding hydrogens is 186 g/mol. The first-order valence-electron chi connectivity index (χ1n) is 5.11. The van der Waals surface area contributed by atoms with Gasteiger partial charge in [0.05, 0.1) is 6.20 Å². The molecule has 0 saturated heterocycles. The normalized spacial score (nSPS) is 9.60. The zero-order chi connectivity index (χ0) is 11.1. The SMILES string of the molecule is CC(C)C.c1ccc(-c2cn[nH]n2)cc1. The lowest BCUT2D eigenvalue weighted by Gasteiger charge is -1.90. The van der Waals surface area contributed by atoms with Gasteiger partial charge in [-0.3, -0.25) is 0 Å². The van der Waals surface area contributed by atoms with Crippen molar-refractivity contribution in [3.05, 3.63) is 36.5 Å². The number of hydrogen-bond donors (Lipinski definition) is 1. The Morgan fingerprint density at radius 2 is 1.67 bits per heavy atom. The highest BCUT2D eigenvalue weighted by Crippen LogP contribution is 2.12.